The molecule has 8 nitrogen and oxygen atoms in total. The van der Waals surface area contributed by atoms with Crippen LogP contribution in [0.1, 0.15) is 24.2 Å². The number of nitrogens with one attached hydrogen (secondary N) is 1. The average molecular weight is 296 g/mol. The Morgan fingerprint density at radius 2 is 2.10 bits per heavy atom. The standard InChI is InChI=1S/C13H16N2O6/c1-4-21-13(17)8(2)14-12(16)10-6-5-9(15(18)19)7-11(10)20-3/h5-8H,4H2,1-3H3,(H,14,16). The largest absolute Gasteiger partial charge is 0.496 e. The highest BCUT2D eigenvalue weighted by atomic mass is 16.6. The number of nitro benzene ring substituents is 1. The molecule has 0 heterocycles. The fourth-order valence-electron chi connectivity index (χ4n) is 1.58. The zero-order chi connectivity index (χ0) is 16.0. The highest BCUT2D eigenvalue weighted by molar-refractivity contribution is 5.99. The van der Waals surface area contributed by atoms with Crippen molar-refractivity contribution in [2.75, 3.05) is 13.7 Å². The highest BCUT2D eigenvalue weighted by Gasteiger charge is 2.21. The van der Waals surface area contributed by atoms with Crippen LogP contribution in [0.25, 0.3) is 0 Å². The first kappa shape index (κ1) is 16.4. The fourth-order valence-corrected chi connectivity index (χ4v) is 1.58. The number of rotatable bonds is 6. The molecule has 1 aromatic carbocycles. The van der Waals surface area contributed by atoms with Crippen LogP contribution in [0, 0.1) is 10.1 Å². The summed E-state index contributed by atoms with van der Waals surface area (Å²) in [4.78, 5) is 33.6. The first-order valence-corrected chi connectivity index (χ1v) is 6.20. The molecule has 1 N–H and O–H groups in total. The monoisotopic (exact) mass is 296 g/mol. The van der Waals surface area contributed by atoms with Crippen molar-refractivity contribution in [3.8, 4) is 5.75 Å². The number of hydrogen-bond donors (Lipinski definition) is 1. The van der Waals surface area contributed by atoms with Gasteiger partial charge in [0.05, 0.1) is 30.3 Å². The van der Waals surface area contributed by atoms with Crippen molar-refractivity contribution in [1.29, 1.82) is 0 Å². The lowest BCUT2D eigenvalue weighted by atomic mass is 10.1. The van der Waals surface area contributed by atoms with Gasteiger partial charge in [0.2, 0.25) is 0 Å². The summed E-state index contributed by atoms with van der Waals surface area (Å²) < 4.78 is 9.74. The van der Waals surface area contributed by atoms with E-state index in [1.165, 1.54) is 26.2 Å². The number of nitro groups is 1. The minimum Gasteiger partial charge on any atom is -0.496 e. The lowest BCUT2D eigenvalue weighted by Crippen LogP contribution is -2.39. The predicted octanol–water partition coefficient (Wildman–Crippen LogP) is 1.28. The van der Waals surface area contributed by atoms with E-state index in [0.29, 0.717) is 0 Å². The van der Waals surface area contributed by atoms with Crippen molar-refractivity contribution >= 4 is 17.6 Å². The molecule has 0 aliphatic heterocycles. The molecule has 0 saturated heterocycles. The highest BCUT2D eigenvalue weighted by Crippen LogP contribution is 2.24. The number of methoxy groups -OCH3 is 1. The molecule has 21 heavy (non-hydrogen) atoms. The number of hydrogen-bond acceptors (Lipinski definition) is 6. The zero-order valence-corrected chi connectivity index (χ0v) is 11.9. The molecule has 1 atom stereocenters. The van der Waals surface area contributed by atoms with E-state index < -0.39 is 22.8 Å². The molecule has 1 unspecified atom stereocenters. The van der Waals surface area contributed by atoms with E-state index in [-0.39, 0.29) is 23.6 Å². The van der Waals surface area contributed by atoms with Crippen LogP contribution < -0.4 is 10.1 Å². The summed E-state index contributed by atoms with van der Waals surface area (Å²) in [6.07, 6.45) is 0. The summed E-state index contributed by atoms with van der Waals surface area (Å²) in [5, 5.41) is 13.1. The number of carbonyl (C=O) groups is 2. The second-order valence-corrected chi connectivity index (χ2v) is 4.09. The first-order chi connectivity index (χ1) is 9.90. The summed E-state index contributed by atoms with van der Waals surface area (Å²) in [7, 11) is 1.30. The maximum absolute atomic E-state index is 12.1. The van der Waals surface area contributed by atoms with Crippen LogP contribution in [0.15, 0.2) is 18.2 Å². The summed E-state index contributed by atoms with van der Waals surface area (Å²) in [6.45, 7) is 3.35. The van der Waals surface area contributed by atoms with Crippen molar-refractivity contribution in [3.63, 3.8) is 0 Å². The molecule has 1 amide bonds. The molecule has 0 bridgehead atoms. The number of amides is 1. The van der Waals surface area contributed by atoms with Crippen LogP contribution in [0.2, 0.25) is 0 Å². The number of carbonyl (C=O) groups excluding carboxylic acids is 2. The molecule has 0 aromatic heterocycles. The number of benzene rings is 1. The molecule has 1 rings (SSSR count). The molecule has 0 spiro atoms. The van der Waals surface area contributed by atoms with Crippen LogP contribution in [0.3, 0.4) is 0 Å². The van der Waals surface area contributed by atoms with Gasteiger partial charge in [-0.2, -0.15) is 0 Å². The third-order valence-corrected chi connectivity index (χ3v) is 2.63. The van der Waals surface area contributed by atoms with Crippen molar-refractivity contribution in [2.24, 2.45) is 0 Å². The molecule has 1 aromatic rings. The van der Waals surface area contributed by atoms with Gasteiger partial charge in [0, 0.05) is 6.07 Å². The van der Waals surface area contributed by atoms with E-state index in [0.717, 1.165) is 6.07 Å². The second kappa shape index (κ2) is 7.22. The van der Waals surface area contributed by atoms with Crippen molar-refractivity contribution in [3.05, 3.63) is 33.9 Å². The van der Waals surface area contributed by atoms with Crippen LogP contribution in [-0.4, -0.2) is 36.6 Å². The Kier molecular flexibility index (Phi) is 5.65. The quantitative estimate of drug-likeness (QED) is 0.481. The Morgan fingerprint density at radius 1 is 1.43 bits per heavy atom. The number of non-ortho nitro benzene ring substituents is 1. The molecule has 114 valence electrons. The molecule has 0 aliphatic carbocycles. The van der Waals surface area contributed by atoms with Gasteiger partial charge in [-0.15, -0.1) is 0 Å². The Morgan fingerprint density at radius 3 is 2.62 bits per heavy atom. The SMILES string of the molecule is CCOC(=O)C(C)NC(=O)c1ccc([N+](=O)[O-])cc1OC. The van der Waals surface area contributed by atoms with Gasteiger partial charge in [0.25, 0.3) is 11.6 Å². The third-order valence-electron chi connectivity index (χ3n) is 2.63. The lowest BCUT2D eigenvalue weighted by molar-refractivity contribution is -0.384. The summed E-state index contributed by atoms with van der Waals surface area (Å²) in [5.74, 6) is -1.09. The van der Waals surface area contributed by atoms with Crippen LogP contribution in [0.5, 0.6) is 5.75 Å². The topological polar surface area (TPSA) is 108 Å². The first-order valence-electron chi connectivity index (χ1n) is 6.20. The van der Waals surface area contributed by atoms with Gasteiger partial charge in [-0.3, -0.25) is 14.9 Å². The smallest absolute Gasteiger partial charge is 0.328 e. The second-order valence-electron chi connectivity index (χ2n) is 4.09. The van der Waals surface area contributed by atoms with E-state index in [1.54, 1.807) is 6.92 Å². The Labute approximate surface area is 121 Å². The molecular formula is C13H16N2O6. The molecule has 0 aliphatic rings. The summed E-state index contributed by atoms with van der Waals surface area (Å²) in [5.41, 5.74) is -0.0962. The number of esters is 1. The van der Waals surface area contributed by atoms with E-state index >= 15 is 0 Å². The van der Waals surface area contributed by atoms with Gasteiger partial charge >= 0.3 is 5.97 Å². The molecule has 0 fully saturated rings. The van der Waals surface area contributed by atoms with Crippen LogP contribution >= 0.6 is 0 Å². The normalized spacial score (nSPS) is 11.4. The van der Waals surface area contributed by atoms with Crippen LogP contribution in [0.4, 0.5) is 5.69 Å². The summed E-state index contributed by atoms with van der Waals surface area (Å²) in [6, 6.07) is 2.76. The molecule has 0 saturated carbocycles. The van der Waals surface area contributed by atoms with E-state index in [9.17, 15) is 19.7 Å². The van der Waals surface area contributed by atoms with E-state index in [1.807, 2.05) is 0 Å². The van der Waals surface area contributed by atoms with Gasteiger partial charge in [-0.05, 0) is 19.9 Å². The minimum atomic E-state index is -0.836. The zero-order valence-electron chi connectivity index (χ0n) is 11.9. The van der Waals surface area contributed by atoms with E-state index in [4.69, 9.17) is 9.47 Å². The van der Waals surface area contributed by atoms with Gasteiger partial charge in [-0.1, -0.05) is 0 Å². The predicted molar refractivity (Wildman–Crippen MR) is 73.2 cm³/mol. The lowest BCUT2D eigenvalue weighted by Gasteiger charge is -2.14. The van der Waals surface area contributed by atoms with Crippen LogP contribution in [-0.2, 0) is 9.53 Å². The molecule has 8 heteroatoms. The van der Waals surface area contributed by atoms with Crippen molar-refractivity contribution < 1.29 is 24.0 Å². The molecule has 0 radical (unpaired) electrons. The fraction of sp³-hybridized carbons (Fsp3) is 0.385. The summed E-state index contributed by atoms with van der Waals surface area (Å²) >= 11 is 0. The number of nitrogens with zero attached hydrogens (tertiary/aromatic N) is 1. The van der Waals surface area contributed by atoms with Gasteiger partial charge in [0.15, 0.2) is 0 Å². The van der Waals surface area contributed by atoms with E-state index in [2.05, 4.69) is 5.32 Å². The molecular weight excluding hydrogens is 280 g/mol. The van der Waals surface area contributed by atoms with Gasteiger partial charge < -0.3 is 14.8 Å². The van der Waals surface area contributed by atoms with Crippen molar-refractivity contribution in [2.45, 2.75) is 19.9 Å². The van der Waals surface area contributed by atoms with Gasteiger partial charge in [-0.25, -0.2) is 4.79 Å². The number of ether oxygens (including phenoxy) is 2. The van der Waals surface area contributed by atoms with Crippen molar-refractivity contribution in [1.82, 2.24) is 5.32 Å². The third kappa shape index (κ3) is 4.16. The van der Waals surface area contributed by atoms with Gasteiger partial charge in [0.1, 0.15) is 11.8 Å². The maximum atomic E-state index is 12.1. The average Bonchev–Trinajstić information content (AvgIpc) is 2.46. The Bertz CT molecular complexity index is 558. The minimum absolute atomic E-state index is 0.0535. The maximum Gasteiger partial charge on any atom is 0.328 e. The Hall–Kier alpha value is -2.64. The Balaban J connectivity index is 2.92.